The maximum absolute atomic E-state index is 3.92. The number of nitrogens with zero attached hydrogens (tertiary/aromatic N) is 2. The average molecular weight is 636 g/mol. The van der Waals surface area contributed by atoms with E-state index in [0.29, 0.717) is 0 Å². The Morgan fingerprint density at radius 1 is 0.480 bits per heavy atom. The van der Waals surface area contributed by atoms with E-state index in [1.807, 2.05) is 0 Å². The number of para-hydroxylation sites is 2. The van der Waals surface area contributed by atoms with Crippen LogP contribution >= 0.6 is 0 Å². The summed E-state index contributed by atoms with van der Waals surface area (Å²) in [5.41, 5.74) is 13.7. The second kappa shape index (κ2) is 9.52. The summed E-state index contributed by atoms with van der Waals surface area (Å²) in [4.78, 5) is 0. The third-order valence-corrected chi connectivity index (χ3v) is 11.2. The van der Waals surface area contributed by atoms with Gasteiger partial charge in [0.2, 0.25) is 0 Å². The van der Waals surface area contributed by atoms with Crippen LogP contribution in [0.15, 0.2) is 158 Å². The number of rotatable bonds is 2. The van der Waals surface area contributed by atoms with Crippen LogP contribution in [0.3, 0.4) is 0 Å². The first-order valence-electron chi connectivity index (χ1n) is 17.4. The van der Waals surface area contributed by atoms with Crippen LogP contribution < -0.4 is 5.32 Å². The summed E-state index contributed by atoms with van der Waals surface area (Å²) in [5.74, 6) is 0. The first-order chi connectivity index (χ1) is 24.8. The molecule has 50 heavy (non-hydrogen) atoms. The molecule has 12 rings (SSSR count). The van der Waals surface area contributed by atoms with Crippen molar-refractivity contribution in [1.82, 2.24) is 9.13 Å². The summed E-state index contributed by atoms with van der Waals surface area (Å²) in [6.07, 6.45) is 2.44. The Balaban J connectivity index is 1.18. The van der Waals surface area contributed by atoms with Crippen molar-refractivity contribution in [2.45, 2.75) is 6.17 Å². The van der Waals surface area contributed by atoms with E-state index in [1.54, 1.807) is 0 Å². The zero-order valence-electron chi connectivity index (χ0n) is 27.1. The largest absolute Gasteiger partial charge is 0.361 e. The summed E-state index contributed by atoms with van der Waals surface area (Å²) < 4.78 is 4.99. The number of fused-ring (bicyclic) bond motifs is 14. The van der Waals surface area contributed by atoms with Gasteiger partial charge >= 0.3 is 0 Å². The van der Waals surface area contributed by atoms with Crippen LogP contribution in [-0.2, 0) is 0 Å². The van der Waals surface area contributed by atoms with Crippen LogP contribution in [0.4, 0.5) is 5.69 Å². The molecular weight excluding hydrogens is 607 g/mol. The third-order valence-electron chi connectivity index (χ3n) is 11.2. The fourth-order valence-corrected chi connectivity index (χ4v) is 9.06. The zero-order chi connectivity index (χ0) is 32.5. The first kappa shape index (κ1) is 26.4. The van der Waals surface area contributed by atoms with Gasteiger partial charge in [-0.3, -0.25) is 0 Å². The summed E-state index contributed by atoms with van der Waals surface area (Å²) in [6, 6.07) is 58.1. The van der Waals surface area contributed by atoms with Crippen molar-refractivity contribution < 1.29 is 0 Å². The van der Waals surface area contributed by atoms with Gasteiger partial charge in [-0.1, -0.05) is 109 Å². The molecule has 0 amide bonds. The first-order valence-corrected chi connectivity index (χ1v) is 17.4. The molecule has 0 spiro atoms. The SMILES string of the molecule is C1=C2c3cc(-c4ccc5c(c4)c4ccc6ccccc6c4n5-c4ccccc4)cc4c5c6ccccc6ccc5n(c34)C2Nc2ccccc21. The van der Waals surface area contributed by atoms with E-state index in [4.69, 9.17) is 0 Å². The van der Waals surface area contributed by atoms with Crippen molar-refractivity contribution in [2.24, 2.45) is 0 Å². The molecule has 2 aliphatic heterocycles. The quantitative estimate of drug-likeness (QED) is 0.201. The van der Waals surface area contributed by atoms with Gasteiger partial charge in [-0.25, -0.2) is 0 Å². The van der Waals surface area contributed by atoms with E-state index in [0.717, 1.165) is 0 Å². The van der Waals surface area contributed by atoms with Gasteiger partial charge in [-0.2, -0.15) is 0 Å². The van der Waals surface area contributed by atoms with Crippen molar-refractivity contribution in [3.05, 3.63) is 169 Å². The Morgan fingerprint density at radius 2 is 1.20 bits per heavy atom. The third kappa shape index (κ3) is 3.38. The Hall–Kier alpha value is -6.58. The smallest absolute Gasteiger partial charge is 0.131 e. The molecule has 2 aliphatic rings. The lowest BCUT2D eigenvalue weighted by Gasteiger charge is -2.26. The fourth-order valence-electron chi connectivity index (χ4n) is 9.06. The minimum Gasteiger partial charge on any atom is -0.361 e. The molecule has 0 radical (unpaired) electrons. The predicted molar refractivity (Wildman–Crippen MR) is 211 cm³/mol. The molecule has 3 heteroatoms. The highest BCUT2D eigenvalue weighted by atomic mass is 15.2. The molecule has 8 aromatic carbocycles. The lowest BCUT2D eigenvalue weighted by Crippen LogP contribution is -2.18. The van der Waals surface area contributed by atoms with Gasteiger partial charge in [0.15, 0.2) is 0 Å². The molecule has 0 bridgehead atoms. The lowest BCUT2D eigenvalue weighted by molar-refractivity contribution is 0.765. The van der Waals surface area contributed by atoms with Gasteiger partial charge in [0.05, 0.1) is 22.1 Å². The van der Waals surface area contributed by atoms with Gasteiger partial charge in [-0.15, -0.1) is 0 Å². The summed E-state index contributed by atoms with van der Waals surface area (Å²) in [7, 11) is 0. The van der Waals surface area contributed by atoms with Crippen LogP contribution in [0.2, 0.25) is 0 Å². The van der Waals surface area contributed by atoms with Crippen LogP contribution in [0, 0.1) is 0 Å². The molecule has 3 nitrogen and oxygen atoms in total. The Kier molecular flexibility index (Phi) is 5.02. The van der Waals surface area contributed by atoms with E-state index >= 15 is 0 Å². The van der Waals surface area contributed by atoms with Crippen molar-refractivity contribution in [1.29, 1.82) is 0 Å². The van der Waals surface area contributed by atoms with E-state index < -0.39 is 0 Å². The maximum atomic E-state index is 3.92. The molecule has 1 atom stereocenters. The predicted octanol–water partition coefficient (Wildman–Crippen LogP) is 12.3. The van der Waals surface area contributed by atoms with Gasteiger partial charge < -0.3 is 14.5 Å². The molecule has 232 valence electrons. The molecule has 4 heterocycles. The molecule has 0 fully saturated rings. The Labute approximate surface area is 287 Å². The number of hydrogen-bond donors (Lipinski definition) is 1. The molecule has 1 N–H and O–H groups in total. The topological polar surface area (TPSA) is 21.9 Å². The number of hydrogen-bond acceptors (Lipinski definition) is 1. The minimum absolute atomic E-state index is 0.0379. The second-order valence-electron chi connectivity index (χ2n) is 13.8. The molecule has 10 aromatic rings. The lowest BCUT2D eigenvalue weighted by atomic mass is 9.92. The second-order valence-corrected chi connectivity index (χ2v) is 13.8. The number of anilines is 1. The number of aromatic nitrogens is 2. The highest BCUT2D eigenvalue weighted by molar-refractivity contribution is 6.25. The molecule has 2 aromatic heterocycles. The normalized spacial score (nSPS) is 14.9. The van der Waals surface area contributed by atoms with Crippen LogP contribution in [0.25, 0.3) is 93.6 Å². The summed E-state index contributed by atoms with van der Waals surface area (Å²) in [6.45, 7) is 0. The summed E-state index contributed by atoms with van der Waals surface area (Å²) >= 11 is 0. The minimum atomic E-state index is 0.0379. The van der Waals surface area contributed by atoms with E-state index in [1.165, 1.54) is 104 Å². The highest BCUT2D eigenvalue weighted by Crippen LogP contribution is 2.52. The number of nitrogens with one attached hydrogen (secondary N) is 1. The molecule has 0 saturated carbocycles. The van der Waals surface area contributed by atoms with Crippen molar-refractivity contribution in [3.8, 4) is 16.8 Å². The van der Waals surface area contributed by atoms with E-state index in [2.05, 4.69) is 178 Å². The van der Waals surface area contributed by atoms with Gasteiger partial charge in [0.25, 0.3) is 0 Å². The van der Waals surface area contributed by atoms with Crippen molar-refractivity contribution >= 4 is 82.5 Å². The number of benzene rings is 8. The van der Waals surface area contributed by atoms with Gasteiger partial charge in [0, 0.05) is 49.4 Å². The molecular formula is C47H29N3. The molecule has 0 saturated heterocycles. The van der Waals surface area contributed by atoms with Crippen LogP contribution in [0.5, 0.6) is 0 Å². The van der Waals surface area contributed by atoms with Crippen LogP contribution in [-0.4, -0.2) is 9.13 Å². The zero-order valence-corrected chi connectivity index (χ0v) is 27.1. The molecule has 1 unspecified atom stereocenters. The standard InChI is InChI=1S/C47H29N3/c1-2-13-33(14-3-1)49-42-22-20-30(24-37(42)36-21-18-29-11-5-8-16-35(29)45(36)49)32-26-38-39-25-31-12-6-9-17-41(31)48-47(39)50-43-23-19-28-10-4-7-15-34(28)44(43)40(27-32)46(38)50/h1-27,47-48H. The fraction of sp³-hybridized carbons (Fsp3) is 0.0213. The Morgan fingerprint density at radius 3 is 2.10 bits per heavy atom. The Bertz CT molecular complexity index is 3120. The van der Waals surface area contributed by atoms with Crippen LogP contribution in [0.1, 0.15) is 17.3 Å². The molecule has 0 aliphatic carbocycles. The van der Waals surface area contributed by atoms with E-state index in [9.17, 15) is 0 Å². The summed E-state index contributed by atoms with van der Waals surface area (Å²) in [5, 5.41) is 14.2. The monoisotopic (exact) mass is 635 g/mol. The average Bonchev–Trinajstić information content (AvgIpc) is 3.81. The van der Waals surface area contributed by atoms with Crippen molar-refractivity contribution in [2.75, 3.05) is 5.32 Å². The van der Waals surface area contributed by atoms with Gasteiger partial charge in [0.1, 0.15) is 6.17 Å². The maximum Gasteiger partial charge on any atom is 0.131 e. The van der Waals surface area contributed by atoms with Gasteiger partial charge in [-0.05, 0) is 87.5 Å². The van der Waals surface area contributed by atoms with Crippen molar-refractivity contribution in [3.63, 3.8) is 0 Å². The van der Waals surface area contributed by atoms with E-state index in [-0.39, 0.29) is 6.17 Å². The highest BCUT2D eigenvalue weighted by Gasteiger charge is 2.35.